The van der Waals surface area contributed by atoms with Crippen LogP contribution in [0.2, 0.25) is 0 Å². The summed E-state index contributed by atoms with van der Waals surface area (Å²) in [7, 11) is 0. The smallest absolute Gasteiger partial charge is 0.187 e. The first-order valence-electron chi connectivity index (χ1n) is 28.0. The van der Waals surface area contributed by atoms with Gasteiger partial charge < -0.3 is 124 Å². The van der Waals surface area contributed by atoms with Crippen molar-refractivity contribution in [2.75, 3.05) is 52.9 Å². The van der Waals surface area contributed by atoms with Crippen LogP contribution in [0.5, 0.6) is 0 Å². The van der Waals surface area contributed by atoms with Crippen LogP contribution in [-0.2, 0) is 47.4 Å². The van der Waals surface area contributed by atoms with Crippen molar-refractivity contribution in [1.82, 2.24) is 0 Å². The van der Waals surface area contributed by atoms with E-state index in [1.54, 1.807) is 0 Å². The Morgan fingerprint density at radius 3 is 1.45 bits per heavy atom. The van der Waals surface area contributed by atoms with Gasteiger partial charge in [0.05, 0.1) is 71.2 Å². The van der Waals surface area contributed by atoms with Crippen LogP contribution < -0.4 is 0 Å². The third kappa shape index (κ3) is 12.2. The van der Waals surface area contributed by atoms with Crippen LogP contribution in [0, 0.1) is 46.3 Å². The molecule has 15 N–H and O–H groups in total. The lowest BCUT2D eigenvalue weighted by Crippen LogP contribution is -2.64. The lowest BCUT2D eigenvalue weighted by molar-refractivity contribution is -0.360. The van der Waals surface area contributed by atoms with Gasteiger partial charge in [0, 0.05) is 5.41 Å². The Morgan fingerprint density at radius 2 is 0.961 bits per heavy atom. The zero-order valence-electron chi connectivity index (χ0n) is 44.6. The second-order valence-electron chi connectivity index (χ2n) is 23.7. The van der Waals surface area contributed by atoms with E-state index in [2.05, 4.69) is 27.7 Å². The van der Waals surface area contributed by atoms with Gasteiger partial charge in [0.2, 0.25) is 0 Å². The highest BCUT2D eigenvalue weighted by Crippen LogP contribution is 2.69. The molecular weight excluding hydrogens is 1020 g/mol. The minimum absolute atomic E-state index is 0.0649. The minimum Gasteiger partial charge on any atom is -0.394 e. The molecule has 77 heavy (non-hydrogen) atoms. The van der Waals surface area contributed by atoms with Crippen LogP contribution >= 0.6 is 0 Å². The summed E-state index contributed by atoms with van der Waals surface area (Å²) >= 11 is 0. The number of hydrogen-bond acceptors (Lipinski definition) is 25. The molecule has 4 saturated carbocycles. The van der Waals surface area contributed by atoms with Crippen molar-refractivity contribution in [3.05, 3.63) is 0 Å². The first-order valence-corrected chi connectivity index (χ1v) is 28.0. The molecule has 0 spiro atoms. The normalized spacial score (nSPS) is 51.6. The quantitative estimate of drug-likeness (QED) is 0.0484. The number of rotatable bonds is 21. The first kappa shape index (κ1) is 62.1. The third-order valence-corrected chi connectivity index (χ3v) is 19.5. The number of ether oxygens (including phenoxy) is 10. The summed E-state index contributed by atoms with van der Waals surface area (Å²) in [5.74, 6) is 1.19. The van der Waals surface area contributed by atoms with E-state index in [0.29, 0.717) is 37.5 Å². The summed E-state index contributed by atoms with van der Waals surface area (Å²) in [5, 5.41) is 158. The van der Waals surface area contributed by atoms with Crippen LogP contribution in [0.3, 0.4) is 0 Å². The average Bonchev–Trinajstić information content (AvgIpc) is 4.07. The molecule has 0 aromatic heterocycles. The molecule has 8 unspecified atom stereocenters. The lowest BCUT2D eigenvalue weighted by Gasteiger charge is -2.64. The largest absolute Gasteiger partial charge is 0.394 e. The minimum atomic E-state index is -1.80. The molecular formula is C52H90O25. The van der Waals surface area contributed by atoms with E-state index in [4.69, 9.17) is 47.4 Å². The molecule has 448 valence electrons. The molecule has 4 heterocycles. The van der Waals surface area contributed by atoms with Gasteiger partial charge in [-0.15, -0.1) is 0 Å². The van der Waals surface area contributed by atoms with Gasteiger partial charge in [-0.25, -0.2) is 0 Å². The maximum atomic E-state index is 11.2. The van der Waals surface area contributed by atoms with Gasteiger partial charge in [0.15, 0.2) is 25.2 Å². The molecule has 8 fully saturated rings. The summed E-state index contributed by atoms with van der Waals surface area (Å²) in [6.07, 6.45) is -25.1. The second kappa shape index (κ2) is 26.3. The maximum Gasteiger partial charge on any atom is 0.187 e. The fourth-order valence-electron chi connectivity index (χ4n) is 15.3. The van der Waals surface area contributed by atoms with Crippen LogP contribution in [0.15, 0.2) is 0 Å². The molecule has 4 aliphatic heterocycles. The number of aliphatic hydroxyl groups excluding tert-OH is 15. The fourth-order valence-corrected chi connectivity index (χ4v) is 15.3. The van der Waals surface area contributed by atoms with E-state index in [1.165, 1.54) is 0 Å². The molecule has 25 nitrogen and oxygen atoms in total. The molecule has 0 aromatic carbocycles. The zero-order chi connectivity index (χ0) is 55.8. The van der Waals surface area contributed by atoms with Gasteiger partial charge in [0.25, 0.3) is 0 Å². The summed E-state index contributed by atoms with van der Waals surface area (Å²) in [5.41, 5.74) is -0.469. The summed E-state index contributed by atoms with van der Waals surface area (Å²) in [6.45, 7) is 6.35. The summed E-state index contributed by atoms with van der Waals surface area (Å²) in [4.78, 5) is 0. The highest BCUT2D eigenvalue weighted by Gasteiger charge is 2.67. The molecule has 25 heteroatoms. The van der Waals surface area contributed by atoms with Gasteiger partial charge >= 0.3 is 0 Å². The van der Waals surface area contributed by atoms with E-state index in [9.17, 15) is 76.6 Å². The highest BCUT2D eigenvalue weighted by atomic mass is 16.8. The molecule has 0 bridgehead atoms. The van der Waals surface area contributed by atoms with Crippen molar-refractivity contribution in [3.8, 4) is 0 Å². The Balaban J connectivity index is 0.925. The number of fused-ring (bicyclic) bond motifs is 5. The van der Waals surface area contributed by atoms with Crippen LogP contribution in [0.25, 0.3) is 0 Å². The lowest BCUT2D eigenvalue weighted by atomic mass is 9.43. The third-order valence-electron chi connectivity index (χ3n) is 19.5. The van der Waals surface area contributed by atoms with Crippen molar-refractivity contribution in [3.63, 3.8) is 0 Å². The Morgan fingerprint density at radius 1 is 0.494 bits per heavy atom. The molecule has 0 aromatic rings. The zero-order valence-corrected chi connectivity index (χ0v) is 44.6. The van der Waals surface area contributed by atoms with E-state index in [1.807, 2.05) is 0 Å². The van der Waals surface area contributed by atoms with Gasteiger partial charge in [-0.1, -0.05) is 40.5 Å². The number of aliphatic hydroxyl groups is 15. The van der Waals surface area contributed by atoms with E-state index < -0.39 is 155 Å². The van der Waals surface area contributed by atoms with Crippen molar-refractivity contribution >= 4 is 0 Å². The van der Waals surface area contributed by atoms with Crippen molar-refractivity contribution in [2.45, 2.75) is 227 Å². The van der Waals surface area contributed by atoms with E-state index >= 15 is 0 Å². The summed E-state index contributed by atoms with van der Waals surface area (Å²) < 4.78 is 59.9. The number of hydrogen-bond donors (Lipinski definition) is 15. The molecule has 8 aliphatic rings. The van der Waals surface area contributed by atoms with Gasteiger partial charge in [-0.2, -0.15) is 0 Å². The first-order chi connectivity index (χ1) is 36.7. The maximum absolute atomic E-state index is 11.2. The van der Waals surface area contributed by atoms with Gasteiger partial charge in [-0.3, -0.25) is 0 Å². The Bertz CT molecular complexity index is 1820. The summed E-state index contributed by atoms with van der Waals surface area (Å²) in [6, 6.07) is 0. The fraction of sp³-hybridized carbons (Fsp3) is 1.00. The molecule has 4 saturated heterocycles. The highest BCUT2D eigenvalue weighted by molar-refractivity contribution is 5.15. The molecule has 8 rings (SSSR count). The van der Waals surface area contributed by atoms with Crippen LogP contribution in [0.1, 0.15) is 85.5 Å². The molecule has 31 atom stereocenters. The Labute approximate surface area is 448 Å². The van der Waals surface area contributed by atoms with Gasteiger partial charge in [0.1, 0.15) is 97.7 Å². The Hall–Kier alpha value is -1.00. The van der Waals surface area contributed by atoms with Crippen LogP contribution in [0.4, 0.5) is 0 Å². The van der Waals surface area contributed by atoms with Crippen LogP contribution in [-0.4, -0.2) is 271 Å². The van der Waals surface area contributed by atoms with Gasteiger partial charge in [-0.05, 0) is 85.9 Å². The standard InChI is InChI=1S/C52H90O25/c1-5-6-22(2)25-7-8-26-34-27(17-33(52(25,26)4)69-12-14-71-48-44(67)40(63)46(32(21-56)75-48)77-50-42(65)38(61)36(59)30(19-54)73-50)51(3)10-9-24(57)15-23(51)16-28(34)68-11-13-70-47-43(66)39(62)45(31(20-55)74-47)76-49-41(64)37(60)35(58)29(18-53)72-49/h22-50,53-67H,5-21H2,1-4H3/t22-,23+,24-,25-,26+,27+,28-,29?,30?,31?,32?,33+,34+,35+,36-,37-,38+,39+,40-,41?,42?,43?,44?,45+,46-,47+,48-,49+,50-,51+,52-/m1/s1. The van der Waals surface area contributed by atoms with E-state index in [0.717, 1.165) is 32.1 Å². The van der Waals surface area contributed by atoms with Crippen molar-refractivity contribution in [1.29, 1.82) is 0 Å². The van der Waals surface area contributed by atoms with E-state index in [-0.39, 0.29) is 73.1 Å². The average molecular weight is 1120 g/mol. The predicted molar refractivity (Wildman–Crippen MR) is 260 cm³/mol. The second-order valence-corrected chi connectivity index (χ2v) is 23.7. The molecule has 0 radical (unpaired) electrons. The molecule has 4 aliphatic carbocycles. The topological polar surface area (TPSA) is 396 Å². The van der Waals surface area contributed by atoms with Crippen molar-refractivity contribution < 1.29 is 124 Å². The predicted octanol–water partition coefficient (Wildman–Crippen LogP) is -4.29. The molecule has 0 amide bonds. The monoisotopic (exact) mass is 1110 g/mol. The SMILES string of the molecule is CCC[C@@H](C)[C@H]1CC[C@H]2[C@@H]3[C@H](OCCO[C@H]4OC(CO)[C@H](O[C@@H]5OC(CO)[C@H](O)[C@@H](O)C5O)[C@@H](O)C4O)C[C@@H]4C[C@H](O)CC[C@]4(C)[C@H]3C[C@H](OCCO[C@@H]3OC(CO)[C@@H](O[C@H]4OC(CO)[C@@H](O)[C@H](O)C4O)[C@H](O)C3O)[C@]12C. The Kier molecular flexibility index (Phi) is 21.2. The van der Waals surface area contributed by atoms with Crippen molar-refractivity contribution in [2.24, 2.45) is 46.3 Å².